The molecule has 1 aliphatic heterocycles. The van der Waals surface area contributed by atoms with Crippen molar-refractivity contribution in [3.05, 3.63) is 60.2 Å². The van der Waals surface area contributed by atoms with Crippen LogP contribution >= 0.6 is 0 Å². The Morgan fingerprint density at radius 3 is 2.26 bits per heavy atom. The van der Waals surface area contributed by atoms with E-state index in [1.54, 1.807) is 36.4 Å². The van der Waals surface area contributed by atoms with Crippen molar-refractivity contribution < 1.29 is 16.8 Å². The zero-order valence-corrected chi connectivity index (χ0v) is 16.2. The fourth-order valence-corrected chi connectivity index (χ4v) is 7.45. The number of sulfone groups is 1. The smallest absolute Gasteiger partial charge is 0.244 e. The first-order chi connectivity index (χ1) is 12.8. The van der Waals surface area contributed by atoms with Crippen molar-refractivity contribution in [2.45, 2.75) is 34.4 Å². The SMILES string of the molecule is N=C1c2ccccc2S(=O)(=O)C1N(CCC1CC1)S(=O)(=O)c1ccccc1. The number of fused-ring (bicyclic) bond motifs is 1. The molecule has 1 heterocycles. The summed E-state index contributed by atoms with van der Waals surface area (Å²) in [4.78, 5) is 0.0689. The van der Waals surface area contributed by atoms with E-state index in [-0.39, 0.29) is 27.6 Å². The van der Waals surface area contributed by atoms with E-state index in [0.717, 1.165) is 17.1 Å². The molecule has 1 aliphatic carbocycles. The first kappa shape index (κ1) is 18.3. The molecule has 0 spiro atoms. The third-order valence-electron chi connectivity index (χ3n) is 5.09. The molecule has 0 amide bonds. The maximum atomic E-state index is 13.3. The molecule has 2 aliphatic rings. The molecule has 1 saturated carbocycles. The second-order valence-corrected chi connectivity index (χ2v) is 10.8. The summed E-state index contributed by atoms with van der Waals surface area (Å²) >= 11 is 0. The Morgan fingerprint density at radius 2 is 1.63 bits per heavy atom. The van der Waals surface area contributed by atoms with Crippen molar-refractivity contribution in [1.82, 2.24) is 4.31 Å². The van der Waals surface area contributed by atoms with Gasteiger partial charge in [0.2, 0.25) is 19.9 Å². The highest BCUT2D eigenvalue weighted by Gasteiger charge is 2.49. The van der Waals surface area contributed by atoms with E-state index in [4.69, 9.17) is 5.41 Å². The molecule has 8 heteroatoms. The van der Waals surface area contributed by atoms with E-state index < -0.39 is 25.2 Å². The molecule has 0 bridgehead atoms. The van der Waals surface area contributed by atoms with Gasteiger partial charge in [0.05, 0.1) is 15.5 Å². The highest BCUT2D eigenvalue weighted by molar-refractivity contribution is 7.95. The van der Waals surface area contributed by atoms with Gasteiger partial charge in [0.15, 0.2) is 5.37 Å². The largest absolute Gasteiger partial charge is 0.302 e. The first-order valence-corrected chi connectivity index (χ1v) is 11.8. The van der Waals surface area contributed by atoms with Gasteiger partial charge < -0.3 is 5.41 Å². The van der Waals surface area contributed by atoms with E-state index in [9.17, 15) is 16.8 Å². The van der Waals surface area contributed by atoms with Gasteiger partial charge in [0, 0.05) is 12.1 Å². The van der Waals surface area contributed by atoms with Crippen LogP contribution in [0, 0.1) is 11.3 Å². The van der Waals surface area contributed by atoms with Crippen molar-refractivity contribution in [2.75, 3.05) is 6.54 Å². The van der Waals surface area contributed by atoms with Crippen LogP contribution in [0.4, 0.5) is 0 Å². The van der Waals surface area contributed by atoms with Gasteiger partial charge in [-0.05, 0) is 30.5 Å². The Bertz CT molecular complexity index is 1090. The summed E-state index contributed by atoms with van der Waals surface area (Å²) in [5, 5.41) is 6.92. The molecule has 2 aromatic rings. The molecule has 0 aromatic heterocycles. The van der Waals surface area contributed by atoms with Gasteiger partial charge >= 0.3 is 0 Å². The normalized spacial score (nSPS) is 21.4. The fraction of sp³-hybridized carbons (Fsp3) is 0.316. The highest BCUT2D eigenvalue weighted by atomic mass is 32.2. The molecule has 1 atom stereocenters. The second-order valence-electron chi connectivity index (χ2n) is 6.97. The van der Waals surface area contributed by atoms with Crippen molar-refractivity contribution in [2.24, 2.45) is 5.92 Å². The molecule has 142 valence electrons. The van der Waals surface area contributed by atoms with Crippen LogP contribution in [0.2, 0.25) is 0 Å². The Balaban J connectivity index is 1.81. The summed E-state index contributed by atoms with van der Waals surface area (Å²) in [7, 11) is -8.05. The van der Waals surface area contributed by atoms with Gasteiger partial charge in [-0.15, -0.1) is 0 Å². The standard InChI is InChI=1S/C19H20N2O4S2/c20-18-16-8-4-5-9-17(16)26(22,23)19(18)21(13-12-14-10-11-14)27(24,25)15-6-2-1-3-7-15/h1-9,14,19-20H,10-13H2. The molecular formula is C19H20N2O4S2. The number of sulfonamides is 1. The summed E-state index contributed by atoms with van der Waals surface area (Å²) in [6.07, 6.45) is 2.67. The summed E-state index contributed by atoms with van der Waals surface area (Å²) < 4.78 is 53.9. The molecule has 0 radical (unpaired) electrons. The summed E-state index contributed by atoms with van der Waals surface area (Å²) in [6.45, 7) is 0.0855. The summed E-state index contributed by atoms with van der Waals surface area (Å²) in [6, 6.07) is 14.1. The van der Waals surface area contributed by atoms with Crippen molar-refractivity contribution >= 4 is 25.6 Å². The minimum Gasteiger partial charge on any atom is -0.302 e. The van der Waals surface area contributed by atoms with Crippen LogP contribution in [-0.2, 0) is 19.9 Å². The maximum absolute atomic E-state index is 13.3. The van der Waals surface area contributed by atoms with Crippen molar-refractivity contribution in [3.63, 3.8) is 0 Å². The lowest BCUT2D eigenvalue weighted by molar-refractivity contribution is 0.405. The molecule has 1 unspecified atom stereocenters. The molecule has 0 saturated heterocycles. The van der Waals surface area contributed by atoms with Gasteiger partial charge in [0.25, 0.3) is 0 Å². The van der Waals surface area contributed by atoms with Crippen LogP contribution < -0.4 is 0 Å². The van der Waals surface area contributed by atoms with E-state index in [2.05, 4.69) is 0 Å². The molecule has 1 N–H and O–H groups in total. The molecule has 1 fully saturated rings. The van der Waals surface area contributed by atoms with Crippen LogP contribution in [0.15, 0.2) is 64.4 Å². The number of hydrogen-bond acceptors (Lipinski definition) is 5. The number of nitrogens with zero attached hydrogens (tertiary/aromatic N) is 1. The predicted molar refractivity (Wildman–Crippen MR) is 102 cm³/mol. The van der Waals surface area contributed by atoms with E-state index >= 15 is 0 Å². The lowest BCUT2D eigenvalue weighted by Crippen LogP contribution is -2.47. The number of benzene rings is 2. The zero-order valence-electron chi connectivity index (χ0n) is 14.6. The number of rotatable bonds is 6. The number of nitrogens with one attached hydrogen (secondary N) is 1. The summed E-state index contributed by atoms with van der Waals surface area (Å²) in [5.41, 5.74) is 0.100. The van der Waals surface area contributed by atoms with E-state index in [1.165, 1.54) is 18.2 Å². The quantitative estimate of drug-likeness (QED) is 0.801. The first-order valence-electron chi connectivity index (χ1n) is 8.82. The topological polar surface area (TPSA) is 95.4 Å². The van der Waals surface area contributed by atoms with Gasteiger partial charge in [-0.2, -0.15) is 4.31 Å². The van der Waals surface area contributed by atoms with Crippen LogP contribution in [0.3, 0.4) is 0 Å². The lowest BCUT2D eigenvalue weighted by Gasteiger charge is -2.27. The predicted octanol–water partition coefficient (Wildman–Crippen LogP) is 2.66. The van der Waals surface area contributed by atoms with E-state index in [1.807, 2.05) is 0 Å². The molecule has 2 aromatic carbocycles. The Kier molecular flexibility index (Phi) is 4.44. The average molecular weight is 405 g/mol. The van der Waals surface area contributed by atoms with Crippen LogP contribution in [0.1, 0.15) is 24.8 Å². The Hall–Kier alpha value is -2.03. The van der Waals surface area contributed by atoms with Crippen molar-refractivity contribution in [1.29, 1.82) is 5.41 Å². The van der Waals surface area contributed by atoms with Crippen LogP contribution in [0.25, 0.3) is 0 Å². The van der Waals surface area contributed by atoms with Gasteiger partial charge in [-0.1, -0.05) is 49.2 Å². The third kappa shape index (κ3) is 3.11. The lowest BCUT2D eigenvalue weighted by atomic mass is 10.1. The number of hydrogen-bond donors (Lipinski definition) is 1. The zero-order chi connectivity index (χ0) is 19.2. The van der Waals surface area contributed by atoms with Gasteiger partial charge in [0.1, 0.15) is 0 Å². The Morgan fingerprint density at radius 1 is 1.00 bits per heavy atom. The van der Waals surface area contributed by atoms with Crippen LogP contribution in [0.5, 0.6) is 0 Å². The van der Waals surface area contributed by atoms with Crippen LogP contribution in [-0.4, -0.2) is 38.8 Å². The van der Waals surface area contributed by atoms with E-state index in [0.29, 0.717) is 12.3 Å². The maximum Gasteiger partial charge on any atom is 0.244 e. The molecular weight excluding hydrogens is 384 g/mol. The minimum absolute atomic E-state index is 0.0275. The molecule has 4 rings (SSSR count). The fourth-order valence-electron chi connectivity index (χ4n) is 3.45. The van der Waals surface area contributed by atoms with Gasteiger partial charge in [-0.25, -0.2) is 16.8 Å². The monoisotopic (exact) mass is 404 g/mol. The summed E-state index contributed by atoms with van der Waals surface area (Å²) in [5.74, 6) is 0.430. The minimum atomic E-state index is -4.06. The highest BCUT2D eigenvalue weighted by Crippen LogP contribution is 2.38. The Labute approximate surface area is 159 Å². The van der Waals surface area contributed by atoms with Crippen molar-refractivity contribution in [3.8, 4) is 0 Å². The second kappa shape index (κ2) is 6.54. The average Bonchev–Trinajstić information content (AvgIpc) is 3.46. The third-order valence-corrected chi connectivity index (χ3v) is 9.15. The molecule has 6 nitrogen and oxygen atoms in total. The van der Waals surface area contributed by atoms with Gasteiger partial charge in [-0.3, -0.25) is 0 Å². The molecule has 27 heavy (non-hydrogen) atoms.